The predicted octanol–water partition coefficient (Wildman–Crippen LogP) is 5.02. The molecule has 1 aliphatic rings. The average Bonchev–Trinajstić information content (AvgIpc) is 3.53. The first kappa shape index (κ1) is 22.3. The Morgan fingerprint density at radius 2 is 1.79 bits per heavy atom. The average molecular weight is 489 g/mol. The molecule has 1 amide bonds. The molecule has 1 aliphatic heterocycles. The minimum absolute atomic E-state index is 0.0706. The number of rotatable bonds is 6. The van der Waals surface area contributed by atoms with Crippen molar-refractivity contribution in [3.05, 3.63) is 89.2 Å². The number of hydrazone groups is 1. The molecular formula is C25H21ClN6OS. The number of benzene rings is 2. The van der Waals surface area contributed by atoms with Crippen LogP contribution in [0.4, 0.5) is 0 Å². The van der Waals surface area contributed by atoms with Gasteiger partial charge in [-0.15, -0.1) is 10.2 Å². The molecule has 0 fully saturated rings. The predicted molar refractivity (Wildman–Crippen MR) is 134 cm³/mol. The minimum Gasteiger partial charge on any atom is -0.272 e. The van der Waals surface area contributed by atoms with Crippen LogP contribution in [-0.2, 0) is 4.79 Å². The van der Waals surface area contributed by atoms with Crippen LogP contribution in [0.5, 0.6) is 0 Å². The largest absolute Gasteiger partial charge is 0.272 e. The van der Waals surface area contributed by atoms with Crippen LogP contribution < -0.4 is 0 Å². The van der Waals surface area contributed by atoms with Crippen molar-refractivity contribution in [1.82, 2.24) is 24.8 Å². The van der Waals surface area contributed by atoms with Crippen molar-refractivity contribution in [3.8, 4) is 17.1 Å². The summed E-state index contributed by atoms with van der Waals surface area (Å²) in [6.07, 6.45) is 4.17. The SMILES string of the molecule is Cc1c(Cl)cccc1-n1c(SCC(=O)N2CCC(c3ccccc3)=N2)nnc1-c1ccncc1. The number of carbonyl (C=O) groups is 1. The summed E-state index contributed by atoms with van der Waals surface area (Å²) in [7, 11) is 0. The Kier molecular flexibility index (Phi) is 6.42. The smallest absolute Gasteiger partial charge is 0.253 e. The summed E-state index contributed by atoms with van der Waals surface area (Å²) < 4.78 is 1.94. The Balaban J connectivity index is 1.41. The maximum atomic E-state index is 13.0. The molecule has 0 aliphatic carbocycles. The van der Waals surface area contributed by atoms with Crippen LogP contribution in [0.2, 0.25) is 5.02 Å². The summed E-state index contributed by atoms with van der Waals surface area (Å²) in [4.78, 5) is 17.0. The highest BCUT2D eigenvalue weighted by atomic mass is 35.5. The second kappa shape index (κ2) is 9.79. The van der Waals surface area contributed by atoms with Crippen molar-refractivity contribution in [3.63, 3.8) is 0 Å². The number of halogens is 1. The molecule has 9 heteroatoms. The van der Waals surface area contributed by atoms with Gasteiger partial charge in [0.2, 0.25) is 0 Å². The normalized spacial score (nSPS) is 13.2. The van der Waals surface area contributed by atoms with E-state index >= 15 is 0 Å². The van der Waals surface area contributed by atoms with Crippen LogP contribution in [0.3, 0.4) is 0 Å². The van der Waals surface area contributed by atoms with Crippen molar-refractivity contribution in [2.75, 3.05) is 12.3 Å². The van der Waals surface area contributed by atoms with Crippen LogP contribution in [-0.4, -0.2) is 48.7 Å². The third-order valence-electron chi connectivity index (χ3n) is 5.57. The zero-order valence-electron chi connectivity index (χ0n) is 18.4. The zero-order chi connectivity index (χ0) is 23.5. The van der Waals surface area contributed by atoms with Crippen molar-refractivity contribution in [2.24, 2.45) is 5.10 Å². The Morgan fingerprint density at radius 1 is 1.00 bits per heavy atom. The molecule has 3 heterocycles. The van der Waals surface area contributed by atoms with Gasteiger partial charge in [0, 0.05) is 29.4 Å². The molecule has 7 nitrogen and oxygen atoms in total. The monoisotopic (exact) mass is 488 g/mol. The van der Waals surface area contributed by atoms with Crippen LogP contribution in [0.1, 0.15) is 17.5 Å². The Morgan fingerprint density at radius 3 is 2.59 bits per heavy atom. The third-order valence-corrected chi connectivity index (χ3v) is 6.90. The van der Waals surface area contributed by atoms with E-state index in [1.54, 1.807) is 17.4 Å². The van der Waals surface area contributed by atoms with Crippen LogP contribution >= 0.6 is 23.4 Å². The van der Waals surface area contributed by atoms with Gasteiger partial charge in [-0.1, -0.05) is 59.8 Å². The zero-order valence-corrected chi connectivity index (χ0v) is 20.0. The first-order valence-corrected chi connectivity index (χ1v) is 12.2. The van der Waals surface area contributed by atoms with Gasteiger partial charge in [-0.2, -0.15) is 5.10 Å². The van der Waals surface area contributed by atoms with Crippen molar-refractivity contribution >= 4 is 35.0 Å². The molecule has 4 aromatic rings. The number of nitrogens with zero attached hydrogens (tertiary/aromatic N) is 6. The number of aromatic nitrogens is 4. The van der Waals surface area contributed by atoms with Crippen molar-refractivity contribution in [1.29, 1.82) is 0 Å². The highest BCUT2D eigenvalue weighted by molar-refractivity contribution is 7.99. The van der Waals surface area contributed by atoms with E-state index in [4.69, 9.17) is 11.6 Å². The van der Waals surface area contributed by atoms with Crippen LogP contribution in [0.15, 0.2) is 83.3 Å². The van der Waals surface area contributed by atoms with Gasteiger partial charge in [-0.3, -0.25) is 14.3 Å². The van der Waals surface area contributed by atoms with Gasteiger partial charge in [0.25, 0.3) is 5.91 Å². The lowest BCUT2D eigenvalue weighted by atomic mass is 10.1. The topological polar surface area (TPSA) is 76.3 Å². The molecule has 0 spiro atoms. The number of hydrogen-bond donors (Lipinski definition) is 0. The highest BCUT2D eigenvalue weighted by Crippen LogP contribution is 2.31. The molecule has 170 valence electrons. The first-order chi connectivity index (χ1) is 16.6. The summed E-state index contributed by atoms with van der Waals surface area (Å²) >= 11 is 7.75. The van der Waals surface area contributed by atoms with E-state index in [-0.39, 0.29) is 11.7 Å². The fraction of sp³-hybridized carbons (Fsp3) is 0.160. The van der Waals surface area contributed by atoms with Gasteiger partial charge in [0.1, 0.15) is 0 Å². The van der Waals surface area contributed by atoms with Crippen LogP contribution in [0.25, 0.3) is 17.1 Å². The molecule has 0 N–H and O–H groups in total. The summed E-state index contributed by atoms with van der Waals surface area (Å²) in [5.74, 6) is 0.784. The number of amides is 1. The summed E-state index contributed by atoms with van der Waals surface area (Å²) in [6, 6.07) is 19.4. The number of pyridine rings is 1. The molecule has 0 unspecified atom stereocenters. The second-order valence-corrected chi connectivity index (χ2v) is 9.08. The molecule has 2 aromatic carbocycles. The number of hydrogen-bond acceptors (Lipinski definition) is 6. The fourth-order valence-electron chi connectivity index (χ4n) is 3.78. The minimum atomic E-state index is -0.0706. The maximum absolute atomic E-state index is 13.0. The number of thioether (sulfide) groups is 1. The highest BCUT2D eigenvalue weighted by Gasteiger charge is 2.24. The maximum Gasteiger partial charge on any atom is 0.253 e. The van der Waals surface area contributed by atoms with Gasteiger partial charge in [0.15, 0.2) is 11.0 Å². The molecule has 2 aromatic heterocycles. The number of carbonyl (C=O) groups excluding carboxylic acids is 1. The summed E-state index contributed by atoms with van der Waals surface area (Å²) in [5, 5.41) is 16.2. The molecule has 5 rings (SSSR count). The fourth-order valence-corrected chi connectivity index (χ4v) is 4.76. The van der Waals surface area contributed by atoms with Crippen molar-refractivity contribution < 1.29 is 4.79 Å². The lowest BCUT2D eigenvalue weighted by molar-refractivity contribution is -0.127. The molecule has 0 saturated heterocycles. The summed E-state index contributed by atoms with van der Waals surface area (Å²) in [6.45, 7) is 2.53. The lowest BCUT2D eigenvalue weighted by Gasteiger charge is -2.14. The third kappa shape index (κ3) is 4.47. The van der Waals surface area contributed by atoms with E-state index in [1.807, 2.05) is 72.2 Å². The Labute approximate surface area is 206 Å². The van der Waals surface area contributed by atoms with E-state index in [0.717, 1.165) is 34.5 Å². The Hall–Kier alpha value is -3.49. The molecule has 34 heavy (non-hydrogen) atoms. The van der Waals surface area contributed by atoms with E-state index < -0.39 is 0 Å². The molecule has 0 saturated carbocycles. The van der Waals surface area contributed by atoms with E-state index in [1.165, 1.54) is 11.8 Å². The van der Waals surface area contributed by atoms with Gasteiger partial charge in [-0.05, 0) is 42.3 Å². The second-order valence-electron chi connectivity index (χ2n) is 7.73. The quantitative estimate of drug-likeness (QED) is 0.356. The molecular weight excluding hydrogens is 468 g/mol. The van der Waals surface area contributed by atoms with E-state index in [9.17, 15) is 4.79 Å². The Bertz CT molecular complexity index is 1360. The van der Waals surface area contributed by atoms with Gasteiger partial charge in [-0.25, -0.2) is 5.01 Å². The van der Waals surface area contributed by atoms with E-state index in [0.29, 0.717) is 22.5 Å². The molecule has 0 radical (unpaired) electrons. The van der Waals surface area contributed by atoms with Crippen LogP contribution in [0, 0.1) is 6.92 Å². The van der Waals surface area contributed by atoms with E-state index in [2.05, 4.69) is 20.3 Å². The van der Waals surface area contributed by atoms with Gasteiger partial charge < -0.3 is 0 Å². The molecule has 0 atom stereocenters. The lowest BCUT2D eigenvalue weighted by Crippen LogP contribution is -2.25. The molecule has 0 bridgehead atoms. The first-order valence-electron chi connectivity index (χ1n) is 10.8. The van der Waals surface area contributed by atoms with Gasteiger partial charge >= 0.3 is 0 Å². The van der Waals surface area contributed by atoms with Gasteiger partial charge in [0.05, 0.1) is 23.7 Å². The van der Waals surface area contributed by atoms with Crippen molar-refractivity contribution in [2.45, 2.75) is 18.5 Å². The summed E-state index contributed by atoms with van der Waals surface area (Å²) in [5.41, 5.74) is 4.62. The standard InChI is InChI=1S/C25H21ClN6OS/c1-17-20(26)8-5-9-22(17)32-24(19-10-13-27-14-11-19)28-29-25(32)34-16-23(33)31-15-12-21(30-31)18-6-3-2-4-7-18/h2-11,13-14H,12,15-16H2,1H3.